The van der Waals surface area contributed by atoms with Crippen LogP contribution in [0.25, 0.3) is 0 Å². The molecule has 0 amide bonds. The summed E-state index contributed by atoms with van der Waals surface area (Å²) in [6.45, 7) is 0. The van der Waals surface area contributed by atoms with E-state index in [0.29, 0.717) is 17.9 Å². The predicted octanol–water partition coefficient (Wildman–Crippen LogP) is 0.648. The lowest BCUT2D eigenvalue weighted by atomic mass is 10.2. The van der Waals surface area contributed by atoms with Gasteiger partial charge in [0.05, 0.1) is 36.6 Å². The zero-order chi connectivity index (χ0) is 15.0. The fourth-order valence-electron chi connectivity index (χ4n) is 2.36. The molecule has 1 saturated heterocycles. The number of ether oxygens (including phenoxy) is 1. The maximum absolute atomic E-state index is 12.0. The quantitative estimate of drug-likeness (QED) is 0.814. The standard InChI is InChI=1S/C12H17NO5S2/c1-18-12-5-3-10(4-6-12)13(19(2,14)15)11-7-8-20(16,17)9-11/h3-6,11H,7-9H2,1-2H3/t11-/m0/s1. The number of hydrogen-bond donors (Lipinski definition) is 0. The van der Waals surface area contributed by atoms with E-state index < -0.39 is 25.9 Å². The van der Waals surface area contributed by atoms with Crippen LogP contribution in [0.15, 0.2) is 24.3 Å². The van der Waals surface area contributed by atoms with Crippen LogP contribution in [0.3, 0.4) is 0 Å². The molecule has 0 N–H and O–H groups in total. The van der Waals surface area contributed by atoms with Crippen molar-refractivity contribution < 1.29 is 21.6 Å². The Bertz CT molecular complexity index is 679. The fraction of sp³-hybridized carbons (Fsp3) is 0.500. The Kier molecular flexibility index (Phi) is 3.97. The number of sulfonamides is 1. The van der Waals surface area contributed by atoms with E-state index in [1.54, 1.807) is 24.3 Å². The van der Waals surface area contributed by atoms with Crippen molar-refractivity contribution in [2.24, 2.45) is 0 Å². The van der Waals surface area contributed by atoms with Crippen LogP contribution >= 0.6 is 0 Å². The van der Waals surface area contributed by atoms with Gasteiger partial charge in [0, 0.05) is 0 Å². The Morgan fingerprint density at radius 2 is 1.85 bits per heavy atom. The van der Waals surface area contributed by atoms with Crippen LogP contribution in [0, 0.1) is 0 Å². The monoisotopic (exact) mass is 319 g/mol. The molecule has 6 nitrogen and oxygen atoms in total. The molecular weight excluding hydrogens is 302 g/mol. The Morgan fingerprint density at radius 1 is 1.25 bits per heavy atom. The minimum absolute atomic E-state index is 0.0276. The van der Waals surface area contributed by atoms with Crippen LogP contribution in [0.4, 0.5) is 5.69 Å². The molecule has 0 spiro atoms. The van der Waals surface area contributed by atoms with Crippen molar-refractivity contribution in [2.75, 3.05) is 29.2 Å². The van der Waals surface area contributed by atoms with E-state index in [0.717, 1.165) is 6.26 Å². The summed E-state index contributed by atoms with van der Waals surface area (Å²) in [6, 6.07) is 5.99. The maximum atomic E-state index is 12.0. The molecule has 0 aromatic heterocycles. The van der Waals surface area contributed by atoms with Crippen LogP contribution in [0.1, 0.15) is 6.42 Å². The van der Waals surface area contributed by atoms with Gasteiger partial charge in [-0.1, -0.05) is 0 Å². The molecule has 1 fully saturated rings. The highest BCUT2D eigenvalue weighted by atomic mass is 32.2. The number of anilines is 1. The highest BCUT2D eigenvalue weighted by molar-refractivity contribution is 7.93. The van der Waals surface area contributed by atoms with E-state index in [1.807, 2.05) is 0 Å². The summed E-state index contributed by atoms with van der Waals surface area (Å²) in [5.74, 6) is 0.507. The number of sulfone groups is 1. The van der Waals surface area contributed by atoms with Gasteiger partial charge in [-0.3, -0.25) is 4.31 Å². The predicted molar refractivity (Wildman–Crippen MR) is 77.4 cm³/mol. The summed E-state index contributed by atoms with van der Waals surface area (Å²) in [7, 11) is -5.17. The second-order valence-corrected chi connectivity index (χ2v) is 8.90. The lowest BCUT2D eigenvalue weighted by molar-refractivity contribution is 0.415. The minimum Gasteiger partial charge on any atom is -0.497 e. The molecule has 0 unspecified atom stereocenters. The third-order valence-corrected chi connectivity index (χ3v) is 6.20. The number of nitrogens with zero attached hydrogens (tertiary/aromatic N) is 1. The van der Waals surface area contributed by atoms with E-state index in [9.17, 15) is 16.8 Å². The van der Waals surface area contributed by atoms with E-state index in [4.69, 9.17) is 4.74 Å². The molecule has 1 aromatic rings. The van der Waals surface area contributed by atoms with Crippen molar-refractivity contribution >= 4 is 25.5 Å². The smallest absolute Gasteiger partial charge is 0.232 e. The summed E-state index contributed by atoms with van der Waals surface area (Å²) in [5.41, 5.74) is 0.454. The summed E-state index contributed by atoms with van der Waals surface area (Å²) in [5, 5.41) is 0. The van der Waals surface area contributed by atoms with Gasteiger partial charge in [0.2, 0.25) is 10.0 Å². The van der Waals surface area contributed by atoms with Gasteiger partial charge in [0.25, 0.3) is 0 Å². The van der Waals surface area contributed by atoms with Crippen LogP contribution in [-0.4, -0.2) is 47.7 Å². The topological polar surface area (TPSA) is 80.8 Å². The second kappa shape index (κ2) is 5.25. The maximum Gasteiger partial charge on any atom is 0.232 e. The fourth-order valence-corrected chi connectivity index (χ4v) is 5.38. The Labute approximate surface area is 119 Å². The van der Waals surface area contributed by atoms with Gasteiger partial charge < -0.3 is 4.74 Å². The molecule has 0 radical (unpaired) electrons. The van der Waals surface area contributed by atoms with Gasteiger partial charge in [-0.05, 0) is 30.7 Å². The van der Waals surface area contributed by atoms with E-state index in [2.05, 4.69) is 0 Å². The summed E-state index contributed by atoms with van der Waals surface area (Å²) < 4.78 is 53.3. The van der Waals surface area contributed by atoms with Crippen molar-refractivity contribution in [3.05, 3.63) is 24.3 Å². The molecule has 1 heterocycles. The van der Waals surface area contributed by atoms with Crippen LogP contribution in [0.2, 0.25) is 0 Å². The first kappa shape index (κ1) is 15.1. The summed E-state index contributed by atoms with van der Waals surface area (Å²) in [6.07, 6.45) is 1.41. The first-order valence-corrected chi connectivity index (χ1v) is 9.74. The first-order chi connectivity index (χ1) is 9.23. The van der Waals surface area contributed by atoms with Gasteiger partial charge in [-0.25, -0.2) is 16.8 Å². The summed E-state index contributed by atoms with van der Waals surface area (Å²) in [4.78, 5) is 0. The normalized spacial score (nSPS) is 21.6. The van der Waals surface area contributed by atoms with Crippen LogP contribution in [-0.2, 0) is 19.9 Å². The molecule has 0 aliphatic carbocycles. The second-order valence-electron chi connectivity index (χ2n) is 4.81. The van der Waals surface area contributed by atoms with Crippen molar-refractivity contribution in [1.29, 1.82) is 0 Å². The Balaban J connectivity index is 2.38. The van der Waals surface area contributed by atoms with E-state index in [1.165, 1.54) is 11.4 Å². The highest BCUT2D eigenvalue weighted by Gasteiger charge is 2.36. The number of methoxy groups -OCH3 is 1. The molecule has 2 rings (SSSR count). The molecule has 0 bridgehead atoms. The van der Waals surface area contributed by atoms with Crippen molar-refractivity contribution in [2.45, 2.75) is 12.5 Å². The Morgan fingerprint density at radius 3 is 2.25 bits per heavy atom. The molecule has 1 atom stereocenters. The first-order valence-electron chi connectivity index (χ1n) is 6.07. The van der Waals surface area contributed by atoms with Crippen molar-refractivity contribution in [3.8, 4) is 5.75 Å². The lowest BCUT2D eigenvalue weighted by Crippen LogP contribution is -2.40. The van der Waals surface area contributed by atoms with Crippen molar-refractivity contribution in [1.82, 2.24) is 0 Å². The molecule has 1 aliphatic rings. The summed E-state index contributed by atoms with van der Waals surface area (Å²) >= 11 is 0. The molecule has 8 heteroatoms. The van der Waals surface area contributed by atoms with Gasteiger partial charge in [-0.2, -0.15) is 0 Å². The SMILES string of the molecule is COc1ccc(N([C@H]2CCS(=O)(=O)C2)S(C)(=O)=O)cc1. The highest BCUT2D eigenvalue weighted by Crippen LogP contribution is 2.28. The van der Waals surface area contributed by atoms with Gasteiger partial charge >= 0.3 is 0 Å². The third kappa shape index (κ3) is 3.24. The molecular formula is C12H17NO5S2. The van der Waals surface area contributed by atoms with Gasteiger partial charge in [0.1, 0.15) is 5.75 Å². The average Bonchev–Trinajstić information content (AvgIpc) is 2.69. The molecule has 20 heavy (non-hydrogen) atoms. The molecule has 0 saturated carbocycles. The van der Waals surface area contributed by atoms with Crippen LogP contribution in [0.5, 0.6) is 5.75 Å². The molecule has 1 aliphatic heterocycles. The van der Waals surface area contributed by atoms with E-state index in [-0.39, 0.29) is 11.5 Å². The van der Waals surface area contributed by atoms with E-state index >= 15 is 0 Å². The zero-order valence-corrected chi connectivity index (χ0v) is 12.9. The zero-order valence-electron chi connectivity index (χ0n) is 11.3. The average molecular weight is 319 g/mol. The number of hydrogen-bond acceptors (Lipinski definition) is 5. The molecule has 1 aromatic carbocycles. The molecule has 112 valence electrons. The third-order valence-electron chi connectivity index (χ3n) is 3.22. The minimum atomic E-state index is -3.54. The lowest BCUT2D eigenvalue weighted by Gasteiger charge is -2.28. The number of benzene rings is 1. The Hall–Kier alpha value is -1.28. The largest absolute Gasteiger partial charge is 0.497 e. The van der Waals surface area contributed by atoms with Gasteiger partial charge in [-0.15, -0.1) is 0 Å². The van der Waals surface area contributed by atoms with Crippen LogP contribution < -0.4 is 9.04 Å². The van der Waals surface area contributed by atoms with Crippen molar-refractivity contribution in [3.63, 3.8) is 0 Å². The van der Waals surface area contributed by atoms with Gasteiger partial charge in [0.15, 0.2) is 9.84 Å². The number of rotatable bonds is 4.